The topological polar surface area (TPSA) is 74.4 Å². The standard InChI is InChI=1S/C19H25N3O3/c1-19(18(24)20-10-12-25-2)9-7-17(23)22(19)11-8-14-13-21-16-6-4-3-5-15(14)16/h3-6,13,21H,7-12H2,1-2H3,(H,20,24)/t19-/m0/s1. The highest BCUT2D eigenvalue weighted by Gasteiger charge is 2.46. The number of benzene rings is 1. The van der Waals surface area contributed by atoms with E-state index >= 15 is 0 Å². The van der Waals surface area contributed by atoms with Gasteiger partial charge < -0.3 is 19.9 Å². The second kappa shape index (κ2) is 7.27. The van der Waals surface area contributed by atoms with Crippen molar-refractivity contribution >= 4 is 22.7 Å². The van der Waals surface area contributed by atoms with E-state index in [1.165, 1.54) is 5.39 Å². The van der Waals surface area contributed by atoms with Gasteiger partial charge >= 0.3 is 0 Å². The number of H-pyrrole nitrogens is 1. The highest BCUT2D eigenvalue weighted by atomic mass is 16.5. The SMILES string of the molecule is COCCNC(=O)[C@]1(C)CCC(=O)N1CCc1c[nH]c2ccccc12. The molecule has 0 radical (unpaired) electrons. The first-order valence-electron chi connectivity index (χ1n) is 8.69. The summed E-state index contributed by atoms with van der Waals surface area (Å²) in [6.07, 6.45) is 3.68. The number of methoxy groups -OCH3 is 1. The Kier molecular flexibility index (Phi) is 5.08. The number of hydrogen-bond donors (Lipinski definition) is 2. The van der Waals surface area contributed by atoms with Crippen molar-refractivity contribution in [3.8, 4) is 0 Å². The summed E-state index contributed by atoms with van der Waals surface area (Å²) in [5, 5.41) is 4.04. The van der Waals surface area contributed by atoms with Crippen molar-refractivity contribution in [2.45, 2.75) is 31.7 Å². The summed E-state index contributed by atoms with van der Waals surface area (Å²) in [5.74, 6) is -0.0569. The third-order valence-electron chi connectivity index (χ3n) is 5.08. The van der Waals surface area contributed by atoms with Crippen molar-refractivity contribution in [1.29, 1.82) is 0 Å². The van der Waals surface area contributed by atoms with E-state index in [9.17, 15) is 9.59 Å². The van der Waals surface area contributed by atoms with Gasteiger partial charge in [-0.1, -0.05) is 18.2 Å². The minimum atomic E-state index is -0.781. The summed E-state index contributed by atoms with van der Waals surface area (Å²) in [7, 11) is 1.60. The van der Waals surface area contributed by atoms with E-state index in [0.717, 1.165) is 17.5 Å². The zero-order valence-corrected chi connectivity index (χ0v) is 14.8. The molecule has 0 saturated carbocycles. The number of aromatic nitrogens is 1. The molecule has 0 bridgehead atoms. The van der Waals surface area contributed by atoms with Crippen LogP contribution < -0.4 is 5.32 Å². The van der Waals surface area contributed by atoms with Crippen molar-refractivity contribution in [3.63, 3.8) is 0 Å². The number of carbonyl (C=O) groups is 2. The molecule has 0 unspecified atom stereocenters. The van der Waals surface area contributed by atoms with Crippen molar-refractivity contribution in [2.75, 3.05) is 26.8 Å². The van der Waals surface area contributed by atoms with Gasteiger partial charge in [-0.15, -0.1) is 0 Å². The maximum Gasteiger partial charge on any atom is 0.245 e. The lowest BCUT2D eigenvalue weighted by atomic mass is 9.97. The number of ether oxygens (including phenoxy) is 1. The molecule has 0 spiro atoms. The van der Waals surface area contributed by atoms with E-state index in [4.69, 9.17) is 4.74 Å². The third kappa shape index (κ3) is 3.39. The van der Waals surface area contributed by atoms with Crippen LogP contribution in [0.3, 0.4) is 0 Å². The van der Waals surface area contributed by atoms with Crippen LogP contribution in [0.2, 0.25) is 0 Å². The number of nitrogens with one attached hydrogen (secondary N) is 2. The molecule has 1 aliphatic heterocycles. The summed E-state index contributed by atoms with van der Waals surface area (Å²) < 4.78 is 4.97. The van der Waals surface area contributed by atoms with Gasteiger partial charge in [-0.2, -0.15) is 0 Å². The zero-order chi connectivity index (χ0) is 17.9. The Hall–Kier alpha value is -2.34. The second-order valence-corrected chi connectivity index (χ2v) is 6.68. The number of carbonyl (C=O) groups excluding carboxylic acids is 2. The molecule has 2 amide bonds. The van der Waals surface area contributed by atoms with Crippen LogP contribution in [0.15, 0.2) is 30.5 Å². The van der Waals surface area contributed by atoms with Crippen molar-refractivity contribution in [2.24, 2.45) is 0 Å². The molecule has 3 rings (SSSR count). The maximum absolute atomic E-state index is 12.6. The van der Waals surface area contributed by atoms with Crippen LogP contribution >= 0.6 is 0 Å². The summed E-state index contributed by atoms with van der Waals surface area (Å²) in [4.78, 5) is 30.0. The summed E-state index contributed by atoms with van der Waals surface area (Å²) in [6, 6.07) is 8.11. The molecule has 2 aromatic rings. The largest absolute Gasteiger partial charge is 0.383 e. The fraction of sp³-hybridized carbons (Fsp3) is 0.474. The Labute approximate surface area is 147 Å². The van der Waals surface area contributed by atoms with Crippen LogP contribution in [0, 0.1) is 0 Å². The molecule has 25 heavy (non-hydrogen) atoms. The highest BCUT2D eigenvalue weighted by molar-refractivity contribution is 5.94. The number of amides is 2. The quantitative estimate of drug-likeness (QED) is 0.754. The van der Waals surface area contributed by atoms with Gasteiger partial charge in [0.25, 0.3) is 0 Å². The maximum atomic E-state index is 12.6. The molecule has 1 aromatic heterocycles. The lowest BCUT2D eigenvalue weighted by Gasteiger charge is -2.34. The Balaban J connectivity index is 1.70. The lowest BCUT2D eigenvalue weighted by Crippen LogP contribution is -2.55. The Morgan fingerprint density at radius 3 is 3.00 bits per heavy atom. The first-order chi connectivity index (χ1) is 12.1. The highest BCUT2D eigenvalue weighted by Crippen LogP contribution is 2.31. The number of para-hydroxylation sites is 1. The van der Waals surface area contributed by atoms with E-state index in [0.29, 0.717) is 32.5 Å². The average Bonchev–Trinajstić information content (AvgIpc) is 3.15. The molecule has 1 saturated heterocycles. The molecule has 0 aliphatic carbocycles. The minimum Gasteiger partial charge on any atom is -0.383 e. The summed E-state index contributed by atoms with van der Waals surface area (Å²) >= 11 is 0. The van der Waals surface area contributed by atoms with E-state index in [1.54, 1.807) is 12.0 Å². The van der Waals surface area contributed by atoms with Crippen molar-refractivity contribution in [1.82, 2.24) is 15.2 Å². The normalized spacial score (nSPS) is 20.4. The summed E-state index contributed by atoms with van der Waals surface area (Å²) in [6.45, 7) is 3.31. The van der Waals surface area contributed by atoms with Crippen LogP contribution in [-0.4, -0.2) is 54.0 Å². The molecular weight excluding hydrogens is 318 g/mol. The van der Waals surface area contributed by atoms with Gasteiger partial charge in [0.1, 0.15) is 5.54 Å². The molecule has 1 aliphatic rings. The first-order valence-corrected chi connectivity index (χ1v) is 8.69. The molecule has 2 heterocycles. The van der Waals surface area contributed by atoms with E-state index in [2.05, 4.69) is 16.4 Å². The van der Waals surface area contributed by atoms with Gasteiger partial charge in [-0.05, 0) is 31.4 Å². The second-order valence-electron chi connectivity index (χ2n) is 6.68. The number of likely N-dealkylation sites (tertiary alicyclic amines) is 1. The number of fused-ring (bicyclic) bond motifs is 1. The molecule has 2 N–H and O–H groups in total. The van der Waals surface area contributed by atoms with Gasteiger partial charge in [-0.3, -0.25) is 9.59 Å². The van der Waals surface area contributed by atoms with Crippen molar-refractivity contribution in [3.05, 3.63) is 36.0 Å². The zero-order valence-electron chi connectivity index (χ0n) is 14.8. The van der Waals surface area contributed by atoms with Crippen LogP contribution in [0.5, 0.6) is 0 Å². The lowest BCUT2D eigenvalue weighted by molar-refractivity contribution is -0.140. The molecule has 1 fully saturated rings. The predicted molar refractivity (Wildman–Crippen MR) is 96.2 cm³/mol. The summed E-state index contributed by atoms with van der Waals surface area (Å²) in [5.41, 5.74) is 1.47. The monoisotopic (exact) mass is 343 g/mol. The molecule has 134 valence electrons. The predicted octanol–water partition coefficient (Wildman–Crippen LogP) is 1.85. The number of hydrogen-bond acceptors (Lipinski definition) is 3. The Bertz CT molecular complexity index is 770. The number of rotatable bonds is 7. The van der Waals surface area contributed by atoms with Crippen LogP contribution in [0.25, 0.3) is 10.9 Å². The fourth-order valence-electron chi connectivity index (χ4n) is 3.53. The van der Waals surface area contributed by atoms with Gasteiger partial charge in [0, 0.05) is 43.7 Å². The molecule has 6 heteroatoms. The van der Waals surface area contributed by atoms with Gasteiger partial charge in [0.05, 0.1) is 6.61 Å². The van der Waals surface area contributed by atoms with Crippen LogP contribution in [0.4, 0.5) is 0 Å². The minimum absolute atomic E-state index is 0.0456. The van der Waals surface area contributed by atoms with Crippen LogP contribution in [-0.2, 0) is 20.7 Å². The third-order valence-corrected chi connectivity index (χ3v) is 5.08. The molecule has 1 aromatic carbocycles. The van der Waals surface area contributed by atoms with Gasteiger partial charge in [0.2, 0.25) is 11.8 Å². The smallest absolute Gasteiger partial charge is 0.245 e. The molecule has 1 atom stereocenters. The molecule has 6 nitrogen and oxygen atoms in total. The van der Waals surface area contributed by atoms with Gasteiger partial charge in [-0.25, -0.2) is 0 Å². The average molecular weight is 343 g/mol. The molecular formula is C19H25N3O3. The fourth-order valence-corrected chi connectivity index (χ4v) is 3.53. The van der Waals surface area contributed by atoms with Gasteiger partial charge in [0.15, 0.2) is 0 Å². The van der Waals surface area contributed by atoms with Crippen LogP contribution in [0.1, 0.15) is 25.3 Å². The van der Waals surface area contributed by atoms with E-state index in [-0.39, 0.29) is 11.8 Å². The Morgan fingerprint density at radius 2 is 2.20 bits per heavy atom. The Morgan fingerprint density at radius 1 is 1.40 bits per heavy atom. The number of nitrogens with zero attached hydrogens (tertiary/aromatic N) is 1. The van der Waals surface area contributed by atoms with E-state index < -0.39 is 5.54 Å². The van der Waals surface area contributed by atoms with E-state index in [1.807, 2.05) is 31.3 Å². The van der Waals surface area contributed by atoms with Crippen molar-refractivity contribution < 1.29 is 14.3 Å². The number of aromatic amines is 1. The first kappa shape index (κ1) is 17.5.